The third-order valence-electron chi connectivity index (χ3n) is 3.82. The van der Waals surface area contributed by atoms with E-state index >= 15 is 0 Å². The molecule has 0 unspecified atom stereocenters. The van der Waals surface area contributed by atoms with Crippen molar-refractivity contribution in [3.63, 3.8) is 0 Å². The first-order chi connectivity index (χ1) is 23.4. The van der Waals surface area contributed by atoms with E-state index in [1.54, 1.807) is 75.1 Å². The number of aryl methyl sites for hydroxylation is 6. The van der Waals surface area contributed by atoms with E-state index in [4.69, 9.17) is 55.9 Å². The van der Waals surface area contributed by atoms with Crippen molar-refractivity contribution in [2.75, 3.05) is 0 Å². The van der Waals surface area contributed by atoms with Crippen LogP contribution in [0.25, 0.3) is 0 Å². The predicted octanol–water partition coefficient (Wildman–Crippen LogP) is -11.7. The van der Waals surface area contributed by atoms with Gasteiger partial charge < -0.3 is 27.4 Å². The van der Waals surface area contributed by atoms with E-state index in [2.05, 4.69) is 29.9 Å². The molecule has 0 spiro atoms. The molecule has 293 valence electrons. The summed E-state index contributed by atoms with van der Waals surface area (Å²) >= 11 is 0. The van der Waals surface area contributed by atoms with Crippen LogP contribution in [0.4, 0.5) is 0 Å². The molecule has 0 aliphatic rings. The number of rotatable bonds is 0. The molecule has 0 atom stereocenters. The number of nitrogens with zero attached hydrogens (tertiary/aromatic N) is 12. The molecule has 6 heterocycles. The fourth-order valence-corrected chi connectivity index (χ4v) is 1.95. The van der Waals surface area contributed by atoms with Crippen molar-refractivity contribution >= 4 is 0 Å². The summed E-state index contributed by atoms with van der Waals surface area (Å²) in [4.78, 5) is 22.7. The maximum atomic E-state index is 8.49. The van der Waals surface area contributed by atoms with Gasteiger partial charge in [0, 0.05) is 117 Å². The van der Waals surface area contributed by atoms with Gasteiger partial charge in [-0.25, -0.2) is 85.8 Å². The Morgan fingerprint density at radius 1 is 0.288 bits per heavy atom. The van der Waals surface area contributed by atoms with E-state index in [9.17, 15) is 0 Å². The topological polar surface area (TPSA) is 384 Å². The second kappa shape index (κ2) is 31.9. The van der Waals surface area contributed by atoms with E-state index < -0.39 is 30.7 Å². The monoisotopic (exact) mass is 845 g/mol. The summed E-state index contributed by atoms with van der Waals surface area (Å²) in [5.41, 5.74) is 0. The zero-order valence-electron chi connectivity index (χ0n) is 28.1. The first-order valence-electron chi connectivity index (χ1n) is 12.7. The Hall–Kier alpha value is -3.83. The van der Waals surface area contributed by atoms with Crippen LogP contribution in [0.3, 0.4) is 0 Å². The molecule has 6 aromatic heterocycles. The molecule has 0 aromatic carbocycles. The summed E-state index contributed by atoms with van der Waals surface area (Å²) < 4.78 is 113. The molecule has 28 heteroatoms. The molecular weight excluding hydrogens is 811 g/mol. The molecule has 24 nitrogen and oxygen atoms in total. The molecule has 0 saturated heterocycles. The Kier molecular flexibility index (Phi) is 33.7. The maximum absolute atomic E-state index is 8.49. The third-order valence-corrected chi connectivity index (χ3v) is 3.82. The summed E-state index contributed by atoms with van der Waals surface area (Å²) in [6, 6.07) is 0. The summed E-state index contributed by atoms with van der Waals surface area (Å²) in [5, 5.41) is 0. The van der Waals surface area contributed by atoms with Gasteiger partial charge in [0.05, 0.1) is 38.0 Å². The Morgan fingerprint density at radius 3 is 0.404 bits per heavy atom. The Morgan fingerprint density at radius 2 is 0.385 bits per heavy atom. The molecule has 0 amide bonds. The van der Waals surface area contributed by atoms with Gasteiger partial charge in [0.15, 0.2) is 0 Å². The minimum atomic E-state index is -4.94. The van der Waals surface area contributed by atoms with Gasteiger partial charge in [-0.05, 0) is 0 Å². The molecule has 0 aliphatic heterocycles. The standard InChI is InChI=1S/6C4H6N2.3ClHO4.Fe/c6*1-6-3-2-5-4-6;3*2-1(3,4)5;/h6*2-4H,1H3;3*(H,2,3,4,5);/q;;;;;;;;;+3/p-3. The maximum Gasteiger partial charge on any atom is 3.00 e. The van der Waals surface area contributed by atoms with Crippen LogP contribution in [-0.4, -0.2) is 57.3 Å². The average Bonchev–Trinajstić information content (AvgIpc) is 3.79. The van der Waals surface area contributed by atoms with Gasteiger partial charge in [-0.1, -0.05) is 0 Å². The van der Waals surface area contributed by atoms with Gasteiger partial charge in [-0.3, -0.25) is 0 Å². The van der Waals surface area contributed by atoms with Crippen LogP contribution in [0.1, 0.15) is 0 Å². The van der Waals surface area contributed by atoms with E-state index in [-0.39, 0.29) is 17.1 Å². The van der Waals surface area contributed by atoms with Crippen LogP contribution in [-0.2, 0) is 59.4 Å². The van der Waals surface area contributed by atoms with Crippen LogP contribution in [0, 0.1) is 30.7 Å². The van der Waals surface area contributed by atoms with Gasteiger partial charge >= 0.3 is 17.1 Å². The van der Waals surface area contributed by atoms with Crippen molar-refractivity contribution in [1.82, 2.24) is 57.3 Å². The van der Waals surface area contributed by atoms with Crippen molar-refractivity contribution < 1.29 is 104 Å². The van der Waals surface area contributed by atoms with Gasteiger partial charge in [-0.2, -0.15) is 0 Å². The van der Waals surface area contributed by atoms with Crippen LogP contribution in [0.15, 0.2) is 112 Å². The van der Waals surface area contributed by atoms with Crippen molar-refractivity contribution in [2.45, 2.75) is 0 Å². The van der Waals surface area contributed by atoms with Crippen LogP contribution < -0.4 is 55.9 Å². The Bertz CT molecular complexity index is 1190. The first-order valence-corrected chi connectivity index (χ1v) is 16.4. The molecule has 52 heavy (non-hydrogen) atoms. The van der Waals surface area contributed by atoms with Crippen molar-refractivity contribution in [3.8, 4) is 0 Å². The zero-order valence-corrected chi connectivity index (χ0v) is 31.5. The largest absolute Gasteiger partial charge is 3.00 e. The van der Waals surface area contributed by atoms with E-state index in [1.165, 1.54) is 0 Å². The normalized spacial score (nSPS) is 9.58. The smallest absolute Gasteiger partial charge is 0.341 e. The molecular formula is C24H36Cl3FeN12O12. The second-order valence-electron chi connectivity index (χ2n) is 8.50. The first kappa shape index (κ1) is 54.9. The fraction of sp³-hybridized carbons (Fsp3) is 0.250. The molecule has 0 aliphatic carbocycles. The molecule has 6 rings (SSSR count). The van der Waals surface area contributed by atoms with E-state index in [1.807, 2.05) is 107 Å². The van der Waals surface area contributed by atoms with Crippen molar-refractivity contribution in [3.05, 3.63) is 112 Å². The summed E-state index contributed by atoms with van der Waals surface area (Å²) in [5.74, 6) is 0. The quantitative estimate of drug-likeness (QED) is 0.128. The van der Waals surface area contributed by atoms with Crippen LogP contribution >= 0.6 is 0 Å². The number of hydrogen-bond donors (Lipinski definition) is 0. The van der Waals surface area contributed by atoms with Crippen molar-refractivity contribution in [1.29, 1.82) is 0 Å². The molecule has 0 bridgehead atoms. The van der Waals surface area contributed by atoms with Gasteiger partial charge in [-0.15, -0.1) is 30.7 Å². The van der Waals surface area contributed by atoms with E-state index in [0.29, 0.717) is 0 Å². The second-order valence-corrected chi connectivity index (χ2v) is 10.8. The van der Waals surface area contributed by atoms with Crippen molar-refractivity contribution in [2.24, 2.45) is 42.3 Å². The SMILES string of the molecule is Cn1ccnc1.Cn1ccnc1.Cn1ccnc1.Cn1ccnc1.Cn1ccnc1.Cn1ccnc1.[Fe+3].[O-][Cl+3]([O-])([O-])[O-].[O-][Cl+3]([O-])([O-])[O-].[O-][Cl+3]([O-])([O-])[O-]. The van der Waals surface area contributed by atoms with Crippen LogP contribution in [0.5, 0.6) is 0 Å². The average molecular weight is 847 g/mol. The molecule has 0 fully saturated rings. The number of hydrogen-bond acceptors (Lipinski definition) is 18. The molecule has 0 N–H and O–H groups in total. The summed E-state index contributed by atoms with van der Waals surface area (Å²) in [6.07, 6.45) is 32.3. The minimum Gasteiger partial charge on any atom is -0.341 e. The van der Waals surface area contributed by atoms with Gasteiger partial charge in [0.25, 0.3) is 0 Å². The van der Waals surface area contributed by atoms with Crippen LogP contribution in [0.2, 0.25) is 0 Å². The molecule has 0 saturated carbocycles. The van der Waals surface area contributed by atoms with E-state index in [0.717, 1.165) is 0 Å². The predicted molar refractivity (Wildman–Crippen MR) is 139 cm³/mol. The minimum absolute atomic E-state index is 0. The summed E-state index contributed by atoms with van der Waals surface area (Å²) in [7, 11) is -3.21. The van der Waals surface area contributed by atoms with Gasteiger partial charge in [0.1, 0.15) is 0 Å². The molecule has 6 aromatic rings. The summed E-state index contributed by atoms with van der Waals surface area (Å²) in [6.45, 7) is 0. The Labute approximate surface area is 314 Å². The number of halogens is 3. The fourth-order valence-electron chi connectivity index (χ4n) is 1.95. The third kappa shape index (κ3) is 64.7. The zero-order chi connectivity index (χ0) is 39.9. The molecule has 1 radical (unpaired) electrons. The number of aromatic nitrogens is 12. The number of imidazole rings is 6. The Balaban J connectivity index is -0.000000249. The van der Waals surface area contributed by atoms with Gasteiger partial charge in [0.2, 0.25) is 0 Å².